The summed E-state index contributed by atoms with van der Waals surface area (Å²) in [6.07, 6.45) is 3.83. The minimum Gasteiger partial charge on any atom is -0.507 e. The molecule has 0 atom stereocenters. The van der Waals surface area contributed by atoms with Crippen molar-refractivity contribution >= 4 is 23.5 Å². The second kappa shape index (κ2) is 8.60. The molecular weight excluding hydrogens is 296 g/mol. The van der Waals surface area contributed by atoms with Gasteiger partial charge < -0.3 is 5.11 Å². The molecule has 3 heteroatoms. The number of phenols is 1. The molecule has 0 unspecified atom stereocenters. The topological polar surface area (TPSA) is 20.2 Å². The van der Waals surface area contributed by atoms with Gasteiger partial charge in [0, 0.05) is 28.6 Å². The number of benzene rings is 1. The van der Waals surface area contributed by atoms with Crippen LogP contribution in [0.25, 0.3) is 0 Å². The van der Waals surface area contributed by atoms with E-state index in [9.17, 15) is 5.11 Å². The van der Waals surface area contributed by atoms with Crippen molar-refractivity contribution in [1.82, 2.24) is 0 Å². The van der Waals surface area contributed by atoms with Crippen LogP contribution >= 0.6 is 23.5 Å². The van der Waals surface area contributed by atoms with Crippen LogP contribution in [0.15, 0.2) is 37.4 Å². The average Bonchev–Trinajstić information content (AvgIpc) is 2.41. The summed E-state index contributed by atoms with van der Waals surface area (Å²) in [6, 6.07) is 4.28. The maximum atomic E-state index is 10.6. The molecule has 1 aromatic carbocycles. The number of hydrogen-bond acceptors (Lipinski definition) is 3. The molecule has 0 amide bonds. The smallest absolute Gasteiger partial charge is 0.123 e. The maximum absolute atomic E-state index is 10.6. The van der Waals surface area contributed by atoms with Crippen molar-refractivity contribution in [2.75, 3.05) is 11.5 Å². The number of aromatic hydroxyl groups is 1. The van der Waals surface area contributed by atoms with E-state index in [1.165, 1.54) is 5.56 Å². The van der Waals surface area contributed by atoms with E-state index < -0.39 is 0 Å². The van der Waals surface area contributed by atoms with E-state index in [4.69, 9.17) is 0 Å². The zero-order valence-electron chi connectivity index (χ0n) is 13.3. The SMILES string of the molecule is C=CCSCc1cc(CSCC=C)c(O)c(C(C)(C)C)c1. The number of thioether (sulfide) groups is 2. The fourth-order valence-electron chi connectivity index (χ4n) is 2.04. The monoisotopic (exact) mass is 322 g/mol. The van der Waals surface area contributed by atoms with E-state index in [2.05, 4.69) is 46.1 Å². The normalized spacial score (nSPS) is 11.4. The summed E-state index contributed by atoms with van der Waals surface area (Å²) in [4.78, 5) is 0. The van der Waals surface area contributed by atoms with Gasteiger partial charge in [-0.2, -0.15) is 23.5 Å². The van der Waals surface area contributed by atoms with Crippen LogP contribution in [0.5, 0.6) is 5.75 Å². The largest absolute Gasteiger partial charge is 0.507 e. The van der Waals surface area contributed by atoms with Gasteiger partial charge in [0.25, 0.3) is 0 Å². The van der Waals surface area contributed by atoms with Crippen molar-refractivity contribution in [2.45, 2.75) is 37.7 Å². The first-order valence-corrected chi connectivity index (χ1v) is 9.43. The first-order valence-electron chi connectivity index (χ1n) is 7.12. The van der Waals surface area contributed by atoms with Gasteiger partial charge in [-0.05, 0) is 16.5 Å². The van der Waals surface area contributed by atoms with Gasteiger partial charge in [-0.25, -0.2) is 0 Å². The van der Waals surface area contributed by atoms with Crippen molar-refractivity contribution in [3.63, 3.8) is 0 Å². The maximum Gasteiger partial charge on any atom is 0.123 e. The number of phenolic OH excluding ortho intramolecular Hbond substituents is 1. The van der Waals surface area contributed by atoms with Crippen molar-refractivity contribution in [2.24, 2.45) is 0 Å². The third-order valence-electron chi connectivity index (χ3n) is 3.05. The van der Waals surface area contributed by atoms with Crippen LogP contribution < -0.4 is 0 Å². The minimum atomic E-state index is -0.0545. The van der Waals surface area contributed by atoms with E-state index in [1.54, 1.807) is 11.8 Å². The zero-order chi connectivity index (χ0) is 15.9. The lowest BCUT2D eigenvalue weighted by Crippen LogP contribution is -2.12. The first kappa shape index (κ1) is 18.2. The Bertz CT molecular complexity index is 487. The summed E-state index contributed by atoms with van der Waals surface area (Å²) in [5.74, 6) is 4.08. The molecule has 1 aromatic rings. The van der Waals surface area contributed by atoms with E-state index in [0.717, 1.165) is 34.1 Å². The number of hydrogen-bond donors (Lipinski definition) is 1. The highest BCUT2D eigenvalue weighted by molar-refractivity contribution is 7.98. The zero-order valence-corrected chi connectivity index (χ0v) is 14.9. The Balaban J connectivity index is 3.06. The molecule has 0 bridgehead atoms. The molecule has 116 valence electrons. The van der Waals surface area contributed by atoms with Crippen LogP contribution in [-0.4, -0.2) is 16.6 Å². The molecular formula is C18H26OS2. The molecule has 1 N–H and O–H groups in total. The second-order valence-electron chi connectivity index (χ2n) is 6.01. The Morgan fingerprint density at radius 3 is 2.14 bits per heavy atom. The fraction of sp³-hybridized carbons (Fsp3) is 0.444. The third-order valence-corrected chi connectivity index (χ3v) is 5.05. The van der Waals surface area contributed by atoms with Gasteiger partial charge in [-0.15, -0.1) is 13.2 Å². The van der Waals surface area contributed by atoms with Gasteiger partial charge in [0.1, 0.15) is 5.75 Å². The molecule has 0 fully saturated rings. The molecule has 21 heavy (non-hydrogen) atoms. The molecule has 0 aliphatic carbocycles. The van der Waals surface area contributed by atoms with E-state index in [1.807, 2.05) is 23.9 Å². The van der Waals surface area contributed by atoms with Gasteiger partial charge in [0.05, 0.1) is 0 Å². The lowest BCUT2D eigenvalue weighted by atomic mass is 9.84. The second-order valence-corrected chi connectivity index (χ2v) is 8.07. The number of rotatable bonds is 8. The Labute approximate surface area is 137 Å². The molecule has 0 saturated heterocycles. The molecule has 1 rings (SSSR count). The quantitative estimate of drug-likeness (QED) is 0.502. The molecule has 0 radical (unpaired) electrons. The lowest BCUT2D eigenvalue weighted by molar-refractivity contribution is 0.442. The summed E-state index contributed by atoms with van der Waals surface area (Å²) >= 11 is 3.62. The van der Waals surface area contributed by atoms with E-state index in [0.29, 0.717) is 5.75 Å². The van der Waals surface area contributed by atoms with Crippen LogP contribution in [0.3, 0.4) is 0 Å². The standard InChI is InChI=1S/C18H26OS2/c1-6-8-20-12-14-10-15(13-21-9-7-2)17(19)16(11-14)18(3,4)5/h6-7,10-11,19H,1-2,8-9,12-13H2,3-5H3. The molecule has 0 heterocycles. The predicted octanol–water partition coefficient (Wildman–Crippen LogP) is 5.53. The van der Waals surface area contributed by atoms with Crippen LogP contribution in [-0.2, 0) is 16.9 Å². The Morgan fingerprint density at radius 2 is 1.62 bits per heavy atom. The minimum absolute atomic E-state index is 0.0545. The van der Waals surface area contributed by atoms with E-state index >= 15 is 0 Å². The molecule has 0 spiro atoms. The van der Waals surface area contributed by atoms with Crippen molar-refractivity contribution < 1.29 is 5.11 Å². The van der Waals surface area contributed by atoms with Crippen molar-refractivity contribution in [3.05, 3.63) is 54.1 Å². The highest BCUT2D eigenvalue weighted by Crippen LogP contribution is 2.36. The highest BCUT2D eigenvalue weighted by Gasteiger charge is 2.21. The summed E-state index contributed by atoms with van der Waals surface area (Å²) in [5.41, 5.74) is 3.29. The molecule has 0 aliphatic heterocycles. The van der Waals surface area contributed by atoms with Gasteiger partial charge >= 0.3 is 0 Å². The molecule has 0 aliphatic rings. The molecule has 0 aromatic heterocycles. The van der Waals surface area contributed by atoms with Gasteiger partial charge in [-0.3, -0.25) is 0 Å². The van der Waals surface area contributed by atoms with E-state index in [-0.39, 0.29) is 5.41 Å². The van der Waals surface area contributed by atoms with Crippen LogP contribution in [0.4, 0.5) is 0 Å². The molecule has 1 nitrogen and oxygen atoms in total. The Hall–Kier alpha value is -0.800. The Kier molecular flexibility index (Phi) is 7.47. The van der Waals surface area contributed by atoms with Crippen LogP contribution in [0.2, 0.25) is 0 Å². The molecule has 0 saturated carbocycles. The van der Waals surface area contributed by atoms with Gasteiger partial charge in [-0.1, -0.05) is 45.1 Å². The summed E-state index contributed by atoms with van der Waals surface area (Å²) < 4.78 is 0. The Morgan fingerprint density at radius 1 is 1.05 bits per heavy atom. The van der Waals surface area contributed by atoms with Crippen molar-refractivity contribution in [1.29, 1.82) is 0 Å². The van der Waals surface area contributed by atoms with Gasteiger partial charge in [0.15, 0.2) is 0 Å². The third kappa shape index (κ3) is 5.84. The first-order chi connectivity index (χ1) is 9.90. The highest BCUT2D eigenvalue weighted by atomic mass is 32.2. The van der Waals surface area contributed by atoms with Crippen molar-refractivity contribution in [3.8, 4) is 5.75 Å². The summed E-state index contributed by atoms with van der Waals surface area (Å²) in [7, 11) is 0. The van der Waals surface area contributed by atoms with Crippen LogP contribution in [0, 0.1) is 0 Å². The fourth-order valence-corrected chi connectivity index (χ4v) is 3.45. The lowest BCUT2D eigenvalue weighted by Gasteiger charge is -2.23. The summed E-state index contributed by atoms with van der Waals surface area (Å²) in [6.45, 7) is 13.9. The van der Waals surface area contributed by atoms with Crippen LogP contribution in [0.1, 0.15) is 37.5 Å². The summed E-state index contributed by atoms with van der Waals surface area (Å²) in [5, 5.41) is 10.6. The predicted molar refractivity (Wildman–Crippen MR) is 99.5 cm³/mol. The van der Waals surface area contributed by atoms with Gasteiger partial charge in [0.2, 0.25) is 0 Å². The average molecular weight is 323 g/mol.